The van der Waals surface area contributed by atoms with Gasteiger partial charge in [0.05, 0.1) is 5.41 Å². The molecule has 1 saturated carbocycles. The van der Waals surface area contributed by atoms with Crippen molar-refractivity contribution in [2.45, 2.75) is 57.9 Å². The Morgan fingerprint density at radius 3 is 2.61 bits per heavy atom. The second kappa shape index (κ2) is 7.80. The van der Waals surface area contributed by atoms with Crippen molar-refractivity contribution in [1.29, 1.82) is 0 Å². The van der Waals surface area contributed by atoms with E-state index in [1.54, 1.807) is 4.90 Å². The standard InChI is InChI=1S/C22H28F2N2O2/c23-18-7-6-17(12-19(18)24)14-25-10-3-8-22(21(25)28)9-11-26(15-22)20(27)13-16-4-1-2-5-16/h6-7,12,16H,1-5,8-11,13-15H2. The van der Waals surface area contributed by atoms with E-state index < -0.39 is 17.0 Å². The average molecular weight is 390 g/mol. The minimum atomic E-state index is -0.888. The number of hydrogen-bond acceptors (Lipinski definition) is 2. The summed E-state index contributed by atoms with van der Waals surface area (Å²) in [5, 5.41) is 0. The van der Waals surface area contributed by atoms with Crippen LogP contribution in [0.2, 0.25) is 0 Å². The van der Waals surface area contributed by atoms with E-state index in [-0.39, 0.29) is 18.4 Å². The molecule has 3 aliphatic rings. The highest BCUT2D eigenvalue weighted by Crippen LogP contribution is 2.41. The van der Waals surface area contributed by atoms with Gasteiger partial charge in [-0.1, -0.05) is 18.9 Å². The Balaban J connectivity index is 1.40. The molecule has 2 saturated heterocycles. The van der Waals surface area contributed by atoms with Gasteiger partial charge in [-0.2, -0.15) is 0 Å². The Bertz CT molecular complexity index is 763. The number of piperidine rings is 1. The molecule has 1 aromatic rings. The third kappa shape index (κ3) is 3.78. The maximum Gasteiger partial charge on any atom is 0.230 e. The Morgan fingerprint density at radius 2 is 1.86 bits per heavy atom. The van der Waals surface area contributed by atoms with Crippen LogP contribution in [0.1, 0.15) is 56.9 Å². The highest BCUT2D eigenvalue weighted by atomic mass is 19.2. The lowest BCUT2D eigenvalue weighted by atomic mass is 9.78. The van der Waals surface area contributed by atoms with Crippen LogP contribution in [-0.2, 0) is 16.1 Å². The molecular formula is C22H28F2N2O2. The van der Waals surface area contributed by atoms with Crippen molar-refractivity contribution >= 4 is 11.8 Å². The molecule has 0 aromatic heterocycles. The van der Waals surface area contributed by atoms with Crippen LogP contribution in [0.3, 0.4) is 0 Å². The molecule has 6 heteroatoms. The predicted molar refractivity (Wildman–Crippen MR) is 101 cm³/mol. The first kappa shape index (κ1) is 19.3. The summed E-state index contributed by atoms with van der Waals surface area (Å²) >= 11 is 0. The zero-order chi connectivity index (χ0) is 19.7. The molecule has 0 radical (unpaired) electrons. The molecule has 1 atom stereocenters. The van der Waals surface area contributed by atoms with Crippen LogP contribution in [0.4, 0.5) is 8.78 Å². The number of hydrogen-bond donors (Lipinski definition) is 0. The van der Waals surface area contributed by atoms with Crippen LogP contribution < -0.4 is 0 Å². The topological polar surface area (TPSA) is 40.6 Å². The van der Waals surface area contributed by atoms with Gasteiger partial charge in [0.1, 0.15) is 0 Å². The van der Waals surface area contributed by atoms with Crippen LogP contribution >= 0.6 is 0 Å². The molecule has 2 heterocycles. The number of rotatable bonds is 4. The molecule has 2 amide bonds. The van der Waals surface area contributed by atoms with E-state index in [1.807, 2.05) is 4.90 Å². The fourth-order valence-electron chi connectivity index (χ4n) is 5.22. The van der Waals surface area contributed by atoms with Gasteiger partial charge in [0.2, 0.25) is 11.8 Å². The number of likely N-dealkylation sites (tertiary alicyclic amines) is 2. The summed E-state index contributed by atoms with van der Waals surface area (Å²) in [4.78, 5) is 29.6. The van der Waals surface area contributed by atoms with Gasteiger partial charge in [0, 0.05) is 32.6 Å². The molecule has 0 N–H and O–H groups in total. The Hall–Kier alpha value is -1.98. The van der Waals surface area contributed by atoms with Crippen LogP contribution in [-0.4, -0.2) is 41.2 Å². The normalized spacial score (nSPS) is 25.9. The second-order valence-corrected chi connectivity index (χ2v) is 8.78. The van der Waals surface area contributed by atoms with Gasteiger partial charge in [0.15, 0.2) is 11.6 Å². The lowest BCUT2D eigenvalue weighted by Gasteiger charge is -2.39. The predicted octanol–water partition coefficient (Wildman–Crippen LogP) is 3.89. The monoisotopic (exact) mass is 390 g/mol. The van der Waals surface area contributed by atoms with Crippen molar-refractivity contribution in [1.82, 2.24) is 9.80 Å². The largest absolute Gasteiger partial charge is 0.342 e. The molecule has 2 aliphatic heterocycles. The molecule has 28 heavy (non-hydrogen) atoms. The first-order valence-corrected chi connectivity index (χ1v) is 10.5. The summed E-state index contributed by atoms with van der Waals surface area (Å²) in [6.45, 7) is 2.06. The molecule has 1 aliphatic carbocycles. The van der Waals surface area contributed by atoms with Crippen LogP contribution in [0.25, 0.3) is 0 Å². The van der Waals surface area contributed by atoms with E-state index in [9.17, 15) is 18.4 Å². The van der Waals surface area contributed by atoms with Gasteiger partial charge in [-0.15, -0.1) is 0 Å². The Kier molecular flexibility index (Phi) is 5.39. The molecule has 152 valence electrons. The molecule has 4 rings (SSSR count). The maximum absolute atomic E-state index is 13.5. The first-order chi connectivity index (χ1) is 13.5. The number of benzene rings is 1. The summed E-state index contributed by atoms with van der Waals surface area (Å²) in [6.07, 6.45) is 7.72. The summed E-state index contributed by atoms with van der Waals surface area (Å²) in [5.74, 6) is -1.01. The van der Waals surface area contributed by atoms with Crippen molar-refractivity contribution in [2.75, 3.05) is 19.6 Å². The van der Waals surface area contributed by atoms with Crippen molar-refractivity contribution in [2.24, 2.45) is 11.3 Å². The number of carbonyl (C=O) groups excluding carboxylic acids is 2. The van der Waals surface area contributed by atoms with E-state index in [0.29, 0.717) is 44.0 Å². The van der Waals surface area contributed by atoms with Crippen LogP contribution in [0.5, 0.6) is 0 Å². The quantitative estimate of drug-likeness (QED) is 0.783. The van der Waals surface area contributed by atoms with Crippen LogP contribution in [0, 0.1) is 23.0 Å². The van der Waals surface area contributed by atoms with Gasteiger partial charge in [-0.3, -0.25) is 9.59 Å². The minimum absolute atomic E-state index is 0.0552. The number of carbonyl (C=O) groups is 2. The van der Waals surface area contributed by atoms with E-state index in [2.05, 4.69) is 0 Å². The van der Waals surface area contributed by atoms with E-state index >= 15 is 0 Å². The fourth-order valence-corrected chi connectivity index (χ4v) is 5.22. The van der Waals surface area contributed by atoms with Gasteiger partial charge < -0.3 is 9.80 Å². The zero-order valence-corrected chi connectivity index (χ0v) is 16.3. The fraction of sp³-hybridized carbons (Fsp3) is 0.636. The summed E-state index contributed by atoms with van der Waals surface area (Å²) in [5.41, 5.74) is 0.0961. The lowest BCUT2D eigenvalue weighted by Crippen LogP contribution is -2.50. The van der Waals surface area contributed by atoms with Gasteiger partial charge in [-0.25, -0.2) is 8.78 Å². The molecule has 0 bridgehead atoms. The molecular weight excluding hydrogens is 362 g/mol. The third-order valence-corrected chi connectivity index (χ3v) is 6.83. The molecule has 1 unspecified atom stereocenters. The summed E-state index contributed by atoms with van der Waals surface area (Å²) in [6, 6.07) is 3.79. The van der Waals surface area contributed by atoms with Gasteiger partial charge in [0.25, 0.3) is 0 Å². The van der Waals surface area contributed by atoms with Gasteiger partial charge in [-0.05, 0) is 55.7 Å². The molecule has 4 nitrogen and oxygen atoms in total. The highest BCUT2D eigenvalue weighted by molar-refractivity contribution is 5.86. The maximum atomic E-state index is 13.5. The number of halogens is 2. The lowest BCUT2D eigenvalue weighted by molar-refractivity contribution is -0.146. The number of nitrogens with zero attached hydrogens (tertiary/aromatic N) is 2. The number of amides is 2. The smallest absolute Gasteiger partial charge is 0.230 e. The zero-order valence-electron chi connectivity index (χ0n) is 16.3. The average Bonchev–Trinajstić information content (AvgIpc) is 3.33. The Labute approximate surface area is 164 Å². The van der Waals surface area contributed by atoms with Crippen molar-refractivity contribution in [3.05, 3.63) is 35.4 Å². The van der Waals surface area contributed by atoms with Crippen molar-refractivity contribution in [3.63, 3.8) is 0 Å². The van der Waals surface area contributed by atoms with E-state index in [1.165, 1.54) is 18.9 Å². The minimum Gasteiger partial charge on any atom is -0.342 e. The summed E-state index contributed by atoms with van der Waals surface area (Å²) < 4.78 is 26.7. The summed E-state index contributed by atoms with van der Waals surface area (Å²) in [7, 11) is 0. The van der Waals surface area contributed by atoms with E-state index in [4.69, 9.17) is 0 Å². The second-order valence-electron chi connectivity index (χ2n) is 8.78. The van der Waals surface area contributed by atoms with Crippen molar-refractivity contribution in [3.8, 4) is 0 Å². The molecule has 1 spiro atoms. The molecule has 3 fully saturated rings. The Morgan fingerprint density at radius 1 is 1.07 bits per heavy atom. The molecule has 1 aromatic carbocycles. The van der Waals surface area contributed by atoms with Crippen LogP contribution in [0.15, 0.2) is 18.2 Å². The SMILES string of the molecule is O=C(CC1CCCC1)N1CCC2(CCCN(Cc3ccc(F)c(F)c3)C2=O)C1. The highest BCUT2D eigenvalue weighted by Gasteiger charge is 2.49. The van der Waals surface area contributed by atoms with Gasteiger partial charge >= 0.3 is 0 Å². The van der Waals surface area contributed by atoms with E-state index in [0.717, 1.165) is 37.8 Å². The third-order valence-electron chi connectivity index (χ3n) is 6.83. The van der Waals surface area contributed by atoms with Crippen molar-refractivity contribution < 1.29 is 18.4 Å². The first-order valence-electron chi connectivity index (χ1n) is 10.5.